The van der Waals surface area contributed by atoms with Crippen LogP contribution in [-0.2, 0) is 4.74 Å². The molecule has 2 aliphatic heterocycles. The van der Waals surface area contributed by atoms with Crippen molar-refractivity contribution in [2.45, 2.75) is 48.2 Å². The molecule has 2 aromatic rings. The van der Waals surface area contributed by atoms with Gasteiger partial charge in [0.25, 0.3) is 5.91 Å². The van der Waals surface area contributed by atoms with Crippen molar-refractivity contribution in [3.05, 3.63) is 48.0 Å². The first kappa shape index (κ1) is 22.2. The molecule has 0 aromatic heterocycles. The highest BCUT2D eigenvalue weighted by Gasteiger charge is 2.38. The Labute approximate surface area is 192 Å². The summed E-state index contributed by atoms with van der Waals surface area (Å²) in [4.78, 5) is 15.6. The predicted octanol–water partition coefficient (Wildman–Crippen LogP) is 5.55. The minimum atomic E-state index is -1.76. The Morgan fingerprint density at radius 3 is 2.67 bits per heavy atom. The van der Waals surface area contributed by atoms with Gasteiger partial charge in [-0.25, -0.2) is 0 Å². The van der Waals surface area contributed by atoms with E-state index in [1.165, 1.54) is 19.3 Å². The second kappa shape index (κ2) is 9.62. The average Bonchev–Trinajstić information content (AvgIpc) is 2.75. The fraction of sp³-hybridized carbons (Fsp3) is 0.522. The van der Waals surface area contributed by atoms with Crippen LogP contribution in [0, 0.1) is 5.92 Å². The van der Waals surface area contributed by atoms with E-state index >= 15 is 0 Å². The molecular formula is C23H27Cl3N2O2. The molecule has 0 radical (unpaired) electrons. The molecule has 2 fully saturated rings. The van der Waals surface area contributed by atoms with E-state index in [2.05, 4.69) is 10.2 Å². The van der Waals surface area contributed by atoms with Gasteiger partial charge in [-0.15, -0.1) is 0 Å². The van der Waals surface area contributed by atoms with Crippen LogP contribution in [0.5, 0.6) is 0 Å². The number of ether oxygens (including phenoxy) is 1. The summed E-state index contributed by atoms with van der Waals surface area (Å²) < 4.78 is 4.28. The maximum atomic E-state index is 13.0. The van der Waals surface area contributed by atoms with Crippen molar-refractivity contribution in [3.63, 3.8) is 0 Å². The topological polar surface area (TPSA) is 41.6 Å². The van der Waals surface area contributed by atoms with E-state index in [-0.39, 0.29) is 5.91 Å². The van der Waals surface area contributed by atoms with Crippen molar-refractivity contribution < 1.29 is 9.53 Å². The molecule has 0 saturated carbocycles. The van der Waals surface area contributed by atoms with Gasteiger partial charge in [0, 0.05) is 11.6 Å². The number of benzene rings is 2. The smallest absolute Gasteiger partial charge is 0.254 e. The molecule has 3 atom stereocenters. The first-order valence-electron chi connectivity index (χ1n) is 10.6. The zero-order valence-electron chi connectivity index (χ0n) is 16.8. The van der Waals surface area contributed by atoms with Crippen molar-refractivity contribution in [2.24, 2.45) is 5.92 Å². The number of hydrogen-bond acceptors (Lipinski definition) is 3. The summed E-state index contributed by atoms with van der Waals surface area (Å²) >= 11 is 18.6. The number of piperidine rings is 2. The Kier molecular flexibility index (Phi) is 7.11. The third-order valence-corrected chi connectivity index (χ3v) is 6.89. The molecule has 0 aliphatic carbocycles. The zero-order valence-corrected chi connectivity index (χ0v) is 19.1. The lowest BCUT2D eigenvalue weighted by molar-refractivity contribution is -0.0324. The lowest BCUT2D eigenvalue weighted by atomic mass is 9.84. The fourth-order valence-corrected chi connectivity index (χ4v) is 5.18. The molecule has 7 heteroatoms. The summed E-state index contributed by atoms with van der Waals surface area (Å²) in [6.07, 6.45) is 4.95. The third kappa shape index (κ3) is 5.05. The van der Waals surface area contributed by atoms with Crippen LogP contribution in [0.15, 0.2) is 42.5 Å². The highest BCUT2D eigenvalue weighted by molar-refractivity contribution is 6.68. The Morgan fingerprint density at radius 1 is 1.07 bits per heavy atom. The van der Waals surface area contributed by atoms with Crippen molar-refractivity contribution >= 4 is 51.5 Å². The highest BCUT2D eigenvalue weighted by atomic mass is 35.6. The molecule has 0 bridgehead atoms. The Bertz CT molecular complexity index is 879. The summed E-state index contributed by atoms with van der Waals surface area (Å²) in [7, 11) is 0. The van der Waals surface area contributed by atoms with E-state index in [0.29, 0.717) is 24.1 Å². The Morgan fingerprint density at radius 2 is 1.83 bits per heavy atom. The quantitative estimate of drug-likeness (QED) is 0.461. The molecule has 162 valence electrons. The lowest BCUT2D eigenvalue weighted by Gasteiger charge is -2.44. The maximum Gasteiger partial charge on any atom is 0.254 e. The van der Waals surface area contributed by atoms with E-state index in [1.807, 2.05) is 36.4 Å². The number of rotatable bonds is 5. The van der Waals surface area contributed by atoms with Gasteiger partial charge in [0.15, 0.2) is 6.23 Å². The summed E-state index contributed by atoms with van der Waals surface area (Å²) in [5.74, 6) is 0.0782. The molecule has 2 saturated heterocycles. The number of alkyl halides is 3. The number of carbonyl (C=O) groups excluding carboxylic acids is 1. The van der Waals surface area contributed by atoms with Crippen molar-refractivity contribution in [3.8, 4) is 0 Å². The molecule has 1 amide bonds. The predicted molar refractivity (Wildman–Crippen MR) is 123 cm³/mol. The van der Waals surface area contributed by atoms with E-state index in [4.69, 9.17) is 39.5 Å². The molecule has 0 unspecified atom stereocenters. The van der Waals surface area contributed by atoms with Gasteiger partial charge < -0.3 is 15.0 Å². The molecule has 2 aromatic carbocycles. The average molecular weight is 470 g/mol. The summed E-state index contributed by atoms with van der Waals surface area (Å²) in [5.41, 5.74) is 0.534. The third-order valence-electron chi connectivity index (χ3n) is 6.30. The number of nitrogens with one attached hydrogen (secondary N) is 1. The Balaban J connectivity index is 1.46. The molecule has 30 heavy (non-hydrogen) atoms. The molecule has 4 rings (SSSR count). The van der Waals surface area contributed by atoms with Gasteiger partial charge in [-0.1, -0.05) is 77.6 Å². The van der Waals surface area contributed by atoms with Gasteiger partial charge in [0.2, 0.25) is 3.79 Å². The lowest BCUT2D eigenvalue weighted by Crippen LogP contribution is -2.51. The summed E-state index contributed by atoms with van der Waals surface area (Å²) in [6.45, 7) is 2.79. The number of halogens is 3. The molecule has 4 nitrogen and oxygen atoms in total. The van der Waals surface area contributed by atoms with Crippen LogP contribution in [0.25, 0.3) is 10.8 Å². The van der Waals surface area contributed by atoms with Crippen LogP contribution in [0.4, 0.5) is 0 Å². The SMILES string of the molecule is O=C(N[C@H](OC[C@@H]1CCCN2CCCC[C@@H]12)C(Cl)(Cl)Cl)c1cccc2ccccc12. The monoisotopic (exact) mass is 468 g/mol. The maximum absolute atomic E-state index is 13.0. The number of hydrogen-bond donors (Lipinski definition) is 1. The fourth-order valence-electron chi connectivity index (χ4n) is 4.83. The minimum absolute atomic E-state index is 0.314. The van der Waals surface area contributed by atoms with Crippen molar-refractivity contribution in [1.29, 1.82) is 0 Å². The van der Waals surface area contributed by atoms with Crippen LogP contribution in [-0.4, -0.2) is 46.6 Å². The van der Waals surface area contributed by atoms with Crippen LogP contribution in [0.1, 0.15) is 42.5 Å². The molecule has 0 spiro atoms. The van der Waals surface area contributed by atoms with Crippen LogP contribution < -0.4 is 5.32 Å². The van der Waals surface area contributed by atoms with Crippen molar-refractivity contribution in [2.75, 3.05) is 19.7 Å². The van der Waals surface area contributed by atoms with E-state index in [0.717, 1.165) is 36.7 Å². The van der Waals surface area contributed by atoms with E-state index < -0.39 is 10.0 Å². The second-order valence-electron chi connectivity index (χ2n) is 8.26. The van der Waals surface area contributed by atoms with Crippen LogP contribution >= 0.6 is 34.8 Å². The number of carbonyl (C=O) groups is 1. The molecule has 2 heterocycles. The number of amides is 1. The summed E-state index contributed by atoms with van der Waals surface area (Å²) in [5, 5.41) is 4.64. The second-order valence-corrected chi connectivity index (χ2v) is 10.6. The van der Waals surface area contributed by atoms with Gasteiger partial charge in [0.05, 0.1) is 6.61 Å². The van der Waals surface area contributed by atoms with Crippen molar-refractivity contribution in [1.82, 2.24) is 10.2 Å². The van der Waals surface area contributed by atoms with Gasteiger partial charge >= 0.3 is 0 Å². The van der Waals surface area contributed by atoms with Crippen LogP contribution in [0.3, 0.4) is 0 Å². The first-order chi connectivity index (χ1) is 14.4. The number of fused-ring (bicyclic) bond motifs is 2. The van der Waals surface area contributed by atoms with Gasteiger partial charge in [-0.3, -0.25) is 4.79 Å². The Hall–Kier alpha value is -1.04. The minimum Gasteiger partial charge on any atom is -0.354 e. The molecular weight excluding hydrogens is 443 g/mol. The first-order valence-corrected chi connectivity index (χ1v) is 11.8. The zero-order chi connectivity index (χ0) is 21.1. The summed E-state index contributed by atoms with van der Waals surface area (Å²) in [6, 6.07) is 13.8. The van der Waals surface area contributed by atoms with Crippen LogP contribution in [0.2, 0.25) is 0 Å². The molecule has 2 aliphatic rings. The normalized spacial score (nSPS) is 23.7. The largest absolute Gasteiger partial charge is 0.354 e. The standard InChI is InChI=1S/C23H27Cl3N2O2/c24-23(25,26)22(30-15-17-9-6-14-28-13-4-3-12-20(17)28)27-21(29)19-11-5-8-16-7-1-2-10-18(16)19/h1-2,5,7-8,10-11,17,20,22H,3-4,6,9,12-15H2,(H,27,29)/t17-,20-,22+/m0/s1. The highest BCUT2D eigenvalue weighted by Crippen LogP contribution is 2.35. The van der Waals surface area contributed by atoms with E-state index in [1.54, 1.807) is 6.07 Å². The molecule has 1 N–H and O–H groups in total. The van der Waals surface area contributed by atoms with Gasteiger partial charge in [0.1, 0.15) is 0 Å². The van der Waals surface area contributed by atoms with E-state index in [9.17, 15) is 4.79 Å². The number of nitrogens with zero attached hydrogens (tertiary/aromatic N) is 1. The van der Waals surface area contributed by atoms with Gasteiger partial charge in [-0.05, 0) is 61.5 Å². The van der Waals surface area contributed by atoms with Gasteiger partial charge in [-0.2, -0.15) is 0 Å².